The van der Waals surface area contributed by atoms with Gasteiger partial charge >= 0.3 is 0 Å². The van der Waals surface area contributed by atoms with Crippen LogP contribution in [0.25, 0.3) is 0 Å². The zero-order valence-corrected chi connectivity index (χ0v) is 15.7. The highest BCUT2D eigenvalue weighted by atomic mass is 35.5. The normalized spacial score (nSPS) is 30.4. The maximum atomic E-state index is 12.5. The number of aromatic nitrogens is 1. The Hall–Kier alpha value is -1.08. The molecule has 0 aromatic carbocycles. The van der Waals surface area contributed by atoms with E-state index in [4.69, 9.17) is 10.5 Å². The largest absolute Gasteiger partial charge is 0.378 e. The molecule has 8 heteroatoms. The predicted molar refractivity (Wildman–Crippen MR) is 103 cm³/mol. The first kappa shape index (κ1) is 20.2. The molecule has 2 bridgehead atoms. The topological polar surface area (TPSA) is 80.5 Å². The maximum absolute atomic E-state index is 12.5. The number of fused-ring (bicyclic) bond motifs is 2. The number of pyridine rings is 1. The van der Waals surface area contributed by atoms with Gasteiger partial charge in [0, 0.05) is 19.1 Å². The van der Waals surface area contributed by atoms with Crippen molar-refractivity contribution in [2.24, 2.45) is 23.5 Å². The van der Waals surface area contributed by atoms with Gasteiger partial charge in [-0.15, -0.1) is 24.8 Å². The predicted octanol–water partition coefficient (Wildman–Crippen LogP) is 2.07. The Morgan fingerprint density at radius 2 is 1.92 bits per heavy atom. The highest BCUT2D eigenvalue weighted by Gasteiger charge is 2.49. The minimum Gasteiger partial charge on any atom is -0.378 e. The number of hydrogen-bond acceptors (Lipinski definition) is 5. The fourth-order valence-electron chi connectivity index (χ4n) is 4.40. The van der Waals surface area contributed by atoms with E-state index in [1.807, 2.05) is 18.3 Å². The number of amides is 1. The number of rotatable bonds is 3. The summed E-state index contributed by atoms with van der Waals surface area (Å²) in [7, 11) is 0. The van der Waals surface area contributed by atoms with Crippen LogP contribution in [0.4, 0.5) is 11.5 Å². The lowest BCUT2D eigenvalue weighted by Crippen LogP contribution is -2.42. The van der Waals surface area contributed by atoms with E-state index in [9.17, 15) is 4.79 Å². The molecule has 2 heterocycles. The highest BCUT2D eigenvalue weighted by Crippen LogP contribution is 2.47. The van der Waals surface area contributed by atoms with Crippen LogP contribution < -0.4 is 16.0 Å². The van der Waals surface area contributed by atoms with Crippen LogP contribution in [0.1, 0.15) is 19.3 Å². The van der Waals surface area contributed by atoms with Crippen LogP contribution >= 0.6 is 24.8 Å². The quantitative estimate of drug-likeness (QED) is 0.828. The van der Waals surface area contributed by atoms with Gasteiger partial charge in [-0.05, 0) is 43.2 Å². The fourth-order valence-corrected chi connectivity index (χ4v) is 4.40. The van der Waals surface area contributed by atoms with Crippen molar-refractivity contribution in [3.8, 4) is 0 Å². The van der Waals surface area contributed by atoms with Gasteiger partial charge in [-0.2, -0.15) is 0 Å². The first-order valence-electron chi connectivity index (χ1n) is 8.57. The van der Waals surface area contributed by atoms with E-state index in [0.717, 1.165) is 44.8 Å². The monoisotopic (exact) mass is 388 g/mol. The zero-order valence-electron chi connectivity index (χ0n) is 14.1. The van der Waals surface area contributed by atoms with Crippen LogP contribution in [0, 0.1) is 17.8 Å². The number of halogens is 2. The van der Waals surface area contributed by atoms with E-state index in [0.29, 0.717) is 17.7 Å². The average Bonchev–Trinajstić information content (AvgIpc) is 3.17. The van der Waals surface area contributed by atoms with Crippen LogP contribution in [-0.2, 0) is 9.53 Å². The molecular formula is C17H26Cl2N4O2. The SMILES string of the molecule is Cl.Cl.NC1C2CCC(C2)C1C(=O)Nc1ccc(N2CCOCC2)cn1. The number of ether oxygens (including phenoxy) is 1. The summed E-state index contributed by atoms with van der Waals surface area (Å²) in [5, 5.41) is 2.96. The molecule has 3 aliphatic rings. The summed E-state index contributed by atoms with van der Waals surface area (Å²) in [5.41, 5.74) is 7.31. The Morgan fingerprint density at radius 1 is 1.20 bits per heavy atom. The summed E-state index contributed by atoms with van der Waals surface area (Å²) in [4.78, 5) is 19.2. The third-order valence-corrected chi connectivity index (χ3v) is 5.66. The van der Waals surface area contributed by atoms with E-state index in [-0.39, 0.29) is 42.7 Å². The summed E-state index contributed by atoms with van der Waals surface area (Å²) in [5.74, 6) is 1.60. The van der Waals surface area contributed by atoms with E-state index in [1.165, 1.54) is 6.42 Å². The number of carbonyl (C=O) groups excluding carboxylic acids is 1. The van der Waals surface area contributed by atoms with Gasteiger partial charge in [-0.1, -0.05) is 0 Å². The second kappa shape index (κ2) is 8.54. The number of nitrogens with zero attached hydrogens (tertiary/aromatic N) is 2. The molecule has 4 unspecified atom stereocenters. The molecule has 4 rings (SSSR count). The summed E-state index contributed by atoms with van der Waals surface area (Å²) in [6.45, 7) is 3.27. The van der Waals surface area contributed by atoms with Crippen LogP contribution in [0.3, 0.4) is 0 Å². The van der Waals surface area contributed by atoms with Crippen LogP contribution in [0.5, 0.6) is 0 Å². The number of nitrogens with one attached hydrogen (secondary N) is 1. The Labute approximate surface area is 160 Å². The molecule has 140 valence electrons. The van der Waals surface area contributed by atoms with Gasteiger partial charge in [-0.25, -0.2) is 4.98 Å². The van der Waals surface area contributed by atoms with E-state index >= 15 is 0 Å². The molecule has 2 aliphatic carbocycles. The molecule has 1 saturated heterocycles. The molecule has 3 fully saturated rings. The van der Waals surface area contributed by atoms with Crippen LogP contribution in [0.2, 0.25) is 0 Å². The molecule has 3 N–H and O–H groups in total. The Kier molecular flexibility index (Phi) is 6.91. The molecule has 0 spiro atoms. The van der Waals surface area contributed by atoms with E-state index in [2.05, 4.69) is 15.2 Å². The standard InChI is InChI=1S/C17H24N4O2.2ClH/c18-16-12-2-1-11(9-12)15(16)17(22)20-14-4-3-13(10-19-14)21-5-7-23-8-6-21;;/h3-4,10-12,15-16H,1-2,5-9,18H2,(H,19,20,22);2*1H. The van der Waals surface area contributed by atoms with Gasteiger partial charge in [0.1, 0.15) is 5.82 Å². The summed E-state index contributed by atoms with van der Waals surface area (Å²) >= 11 is 0. The molecule has 6 nitrogen and oxygen atoms in total. The van der Waals surface area contributed by atoms with Crippen LogP contribution in [-0.4, -0.2) is 43.2 Å². The van der Waals surface area contributed by atoms with Gasteiger partial charge in [0.15, 0.2) is 0 Å². The number of morpholine rings is 1. The molecule has 1 amide bonds. The van der Waals surface area contributed by atoms with Crippen molar-refractivity contribution < 1.29 is 9.53 Å². The first-order valence-corrected chi connectivity index (χ1v) is 8.57. The van der Waals surface area contributed by atoms with Gasteiger partial charge in [-0.3, -0.25) is 4.79 Å². The minimum atomic E-state index is -0.0468. The third-order valence-electron chi connectivity index (χ3n) is 5.66. The Morgan fingerprint density at radius 3 is 2.52 bits per heavy atom. The fraction of sp³-hybridized carbons (Fsp3) is 0.647. The average molecular weight is 389 g/mol. The summed E-state index contributed by atoms with van der Waals surface area (Å²) in [6.07, 6.45) is 5.26. The van der Waals surface area contributed by atoms with Crippen molar-refractivity contribution in [2.75, 3.05) is 36.5 Å². The molecular weight excluding hydrogens is 363 g/mol. The zero-order chi connectivity index (χ0) is 15.8. The molecule has 1 aromatic heterocycles. The Bertz CT molecular complexity index is 579. The summed E-state index contributed by atoms with van der Waals surface area (Å²) in [6, 6.07) is 3.90. The number of carbonyl (C=O) groups is 1. The van der Waals surface area contributed by atoms with Crippen molar-refractivity contribution >= 4 is 42.2 Å². The van der Waals surface area contributed by atoms with Crippen molar-refractivity contribution in [3.05, 3.63) is 18.3 Å². The highest BCUT2D eigenvalue weighted by molar-refractivity contribution is 5.92. The van der Waals surface area contributed by atoms with Crippen molar-refractivity contribution in [3.63, 3.8) is 0 Å². The van der Waals surface area contributed by atoms with Crippen LogP contribution in [0.15, 0.2) is 18.3 Å². The molecule has 0 radical (unpaired) electrons. The molecule has 1 aromatic rings. The van der Waals surface area contributed by atoms with E-state index < -0.39 is 0 Å². The lowest BCUT2D eigenvalue weighted by Gasteiger charge is -2.29. The molecule has 2 saturated carbocycles. The first-order chi connectivity index (χ1) is 11.2. The van der Waals surface area contributed by atoms with Gasteiger partial charge < -0.3 is 20.7 Å². The van der Waals surface area contributed by atoms with Crippen molar-refractivity contribution in [2.45, 2.75) is 25.3 Å². The second-order valence-electron chi connectivity index (χ2n) is 6.93. The molecule has 25 heavy (non-hydrogen) atoms. The number of hydrogen-bond donors (Lipinski definition) is 2. The van der Waals surface area contributed by atoms with Crippen molar-refractivity contribution in [1.82, 2.24) is 4.98 Å². The van der Waals surface area contributed by atoms with Gasteiger partial charge in [0.05, 0.1) is 31.0 Å². The maximum Gasteiger partial charge on any atom is 0.230 e. The second-order valence-corrected chi connectivity index (χ2v) is 6.93. The lowest BCUT2D eigenvalue weighted by atomic mass is 9.84. The smallest absolute Gasteiger partial charge is 0.230 e. The summed E-state index contributed by atoms with van der Waals surface area (Å²) < 4.78 is 5.36. The van der Waals surface area contributed by atoms with E-state index in [1.54, 1.807) is 0 Å². The number of nitrogens with two attached hydrogens (primary N) is 1. The molecule has 4 atom stereocenters. The van der Waals surface area contributed by atoms with Gasteiger partial charge in [0.2, 0.25) is 5.91 Å². The minimum absolute atomic E-state index is 0. The Balaban J connectivity index is 0.00000113. The molecule has 1 aliphatic heterocycles. The van der Waals surface area contributed by atoms with Gasteiger partial charge in [0.25, 0.3) is 0 Å². The number of anilines is 2. The third kappa shape index (κ3) is 4.03. The van der Waals surface area contributed by atoms with Crippen molar-refractivity contribution in [1.29, 1.82) is 0 Å². The lowest BCUT2D eigenvalue weighted by molar-refractivity contribution is -0.121.